The van der Waals surface area contributed by atoms with E-state index >= 15 is 0 Å². The van der Waals surface area contributed by atoms with Gasteiger partial charge in [0.2, 0.25) is 5.91 Å². The molecule has 0 radical (unpaired) electrons. The summed E-state index contributed by atoms with van der Waals surface area (Å²) in [5, 5.41) is 2.73. The van der Waals surface area contributed by atoms with Crippen molar-refractivity contribution in [3.05, 3.63) is 54.1 Å². The minimum atomic E-state index is -0.311. The summed E-state index contributed by atoms with van der Waals surface area (Å²) in [6, 6.07) is 13.8. The monoisotopic (exact) mass is 381 g/mol. The Labute approximate surface area is 163 Å². The summed E-state index contributed by atoms with van der Waals surface area (Å²) in [6.45, 7) is 0.547. The van der Waals surface area contributed by atoms with Crippen LogP contribution in [-0.2, 0) is 9.59 Å². The van der Waals surface area contributed by atoms with Crippen molar-refractivity contribution in [2.24, 2.45) is 0 Å². The fourth-order valence-corrected chi connectivity index (χ4v) is 2.96. The van der Waals surface area contributed by atoms with Crippen LogP contribution in [0.15, 0.2) is 48.5 Å². The van der Waals surface area contributed by atoms with Gasteiger partial charge in [0, 0.05) is 50.1 Å². The van der Waals surface area contributed by atoms with E-state index in [9.17, 15) is 14.4 Å². The van der Waals surface area contributed by atoms with Gasteiger partial charge in [0.05, 0.1) is 0 Å². The molecule has 0 aliphatic carbocycles. The van der Waals surface area contributed by atoms with Gasteiger partial charge in [0.15, 0.2) is 6.61 Å². The molecule has 2 aromatic carbocycles. The number of nitrogens with zero attached hydrogens (tertiary/aromatic N) is 2. The molecule has 0 aromatic heterocycles. The van der Waals surface area contributed by atoms with Gasteiger partial charge in [-0.05, 0) is 42.8 Å². The molecule has 1 saturated heterocycles. The lowest BCUT2D eigenvalue weighted by molar-refractivity contribution is -0.118. The minimum absolute atomic E-state index is 0.0995. The minimum Gasteiger partial charge on any atom is -0.484 e. The van der Waals surface area contributed by atoms with E-state index in [1.807, 2.05) is 6.07 Å². The molecule has 2 aromatic rings. The van der Waals surface area contributed by atoms with Crippen LogP contribution in [0.5, 0.6) is 5.75 Å². The fraction of sp³-hybridized carbons (Fsp3) is 0.286. The quantitative estimate of drug-likeness (QED) is 0.834. The molecule has 3 rings (SSSR count). The largest absolute Gasteiger partial charge is 0.484 e. The highest BCUT2D eigenvalue weighted by molar-refractivity contribution is 5.96. The van der Waals surface area contributed by atoms with E-state index in [0.29, 0.717) is 30.0 Å². The molecule has 0 bridgehead atoms. The average molecular weight is 381 g/mol. The maximum Gasteiger partial charge on any atom is 0.262 e. The van der Waals surface area contributed by atoms with Gasteiger partial charge in [-0.15, -0.1) is 0 Å². The van der Waals surface area contributed by atoms with E-state index < -0.39 is 0 Å². The smallest absolute Gasteiger partial charge is 0.262 e. The maximum atomic E-state index is 12.1. The Morgan fingerprint density at radius 3 is 2.54 bits per heavy atom. The second-order valence-corrected chi connectivity index (χ2v) is 6.76. The lowest BCUT2D eigenvalue weighted by Gasteiger charge is -2.16. The number of nitrogens with one attached hydrogen (secondary N) is 1. The zero-order chi connectivity index (χ0) is 20.1. The normalized spacial score (nSPS) is 13.4. The first kappa shape index (κ1) is 19.4. The lowest BCUT2D eigenvalue weighted by atomic mass is 10.2. The van der Waals surface area contributed by atoms with Crippen molar-refractivity contribution in [3.8, 4) is 5.75 Å². The van der Waals surface area contributed by atoms with Crippen molar-refractivity contribution in [2.45, 2.75) is 12.8 Å². The summed E-state index contributed by atoms with van der Waals surface area (Å²) < 4.78 is 5.56. The first-order valence-electron chi connectivity index (χ1n) is 9.09. The third-order valence-corrected chi connectivity index (χ3v) is 4.39. The van der Waals surface area contributed by atoms with Crippen molar-refractivity contribution in [1.82, 2.24) is 4.90 Å². The molecule has 28 heavy (non-hydrogen) atoms. The van der Waals surface area contributed by atoms with Gasteiger partial charge in [0.1, 0.15) is 5.75 Å². The summed E-state index contributed by atoms with van der Waals surface area (Å²) in [7, 11) is 3.37. The van der Waals surface area contributed by atoms with Crippen LogP contribution < -0.4 is 15.0 Å². The molecule has 0 unspecified atom stereocenters. The van der Waals surface area contributed by atoms with Crippen LogP contribution in [-0.4, -0.2) is 49.9 Å². The van der Waals surface area contributed by atoms with E-state index in [-0.39, 0.29) is 24.3 Å². The number of benzene rings is 2. The summed E-state index contributed by atoms with van der Waals surface area (Å²) >= 11 is 0. The molecular weight excluding hydrogens is 358 g/mol. The van der Waals surface area contributed by atoms with Gasteiger partial charge in [-0.1, -0.05) is 6.07 Å². The van der Waals surface area contributed by atoms with Gasteiger partial charge in [-0.25, -0.2) is 0 Å². The van der Waals surface area contributed by atoms with Gasteiger partial charge < -0.3 is 19.9 Å². The Morgan fingerprint density at radius 2 is 1.89 bits per heavy atom. The lowest BCUT2D eigenvalue weighted by Crippen LogP contribution is -2.24. The van der Waals surface area contributed by atoms with Crippen LogP contribution in [0.25, 0.3) is 0 Å². The predicted octanol–water partition coefficient (Wildman–Crippen LogP) is 2.53. The Morgan fingerprint density at radius 1 is 1.14 bits per heavy atom. The SMILES string of the molecule is CN(C)C(=O)c1ccc(NC(=O)COc2cccc(N3CCCC3=O)c2)cc1. The second-order valence-electron chi connectivity index (χ2n) is 6.76. The molecule has 0 saturated carbocycles. The van der Waals surface area contributed by atoms with E-state index in [0.717, 1.165) is 12.1 Å². The average Bonchev–Trinajstić information content (AvgIpc) is 3.12. The van der Waals surface area contributed by atoms with Crippen LogP contribution in [0.3, 0.4) is 0 Å². The van der Waals surface area contributed by atoms with E-state index in [2.05, 4.69) is 5.32 Å². The number of carbonyl (C=O) groups excluding carboxylic acids is 3. The molecule has 7 heteroatoms. The molecule has 1 heterocycles. The highest BCUT2D eigenvalue weighted by atomic mass is 16.5. The first-order valence-corrected chi connectivity index (χ1v) is 9.09. The van der Waals surface area contributed by atoms with Crippen molar-refractivity contribution < 1.29 is 19.1 Å². The second kappa shape index (κ2) is 8.56. The number of hydrogen-bond acceptors (Lipinski definition) is 4. The number of carbonyl (C=O) groups is 3. The zero-order valence-electron chi connectivity index (χ0n) is 16.0. The van der Waals surface area contributed by atoms with Crippen LogP contribution in [0, 0.1) is 0 Å². The number of ether oxygens (including phenoxy) is 1. The van der Waals surface area contributed by atoms with Gasteiger partial charge >= 0.3 is 0 Å². The third kappa shape index (κ3) is 4.68. The van der Waals surface area contributed by atoms with Crippen LogP contribution >= 0.6 is 0 Å². The highest BCUT2D eigenvalue weighted by Gasteiger charge is 2.21. The molecule has 3 amide bonds. The third-order valence-electron chi connectivity index (χ3n) is 4.39. The maximum absolute atomic E-state index is 12.1. The molecule has 0 atom stereocenters. The van der Waals surface area contributed by atoms with Crippen molar-refractivity contribution in [1.29, 1.82) is 0 Å². The van der Waals surface area contributed by atoms with Crippen molar-refractivity contribution in [2.75, 3.05) is 37.5 Å². The topological polar surface area (TPSA) is 79.0 Å². The van der Waals surface area contributed by atoms with Gasteiger partial charge in [-0.3, -0.25) is 14.4 Å². The Bertz CT molecular complexity index is 877. The van der Waals surface area contributed by atoms with E-state index in [1.54, 1.807) is 61.5 Å². The molecule has 1 aliphatic rings. The van der Waals surface area contributed by atoms with Gasteiger partial charge in [-0.2, -0.15) is 0 Å². The number of anilines is 2. The Balaban J connectivity index is 1.54. The van der Waals surface area contributed by atoms with Gasteiger partial charge in [0.25, 0.3) is 11.8 Å². The summed E-state index contributed by atoms with van der Waals surface area (Å²) in [6.07, 6.45) is 1.41. The summed E-state index contributed by atoms with van der Waals surface area (Å²) in [4.78, 5) is 39.1. The summed E-state index contributed by atoms with van der Waals surface area (Å²) in [5.74, 6) is 0.220. The molecule has 0 spiro atoms. The van der Waals surface area contributed by atoms with Crippen molar-refractivity contribution >= 4 is 29.1 Å². The highest BCUT2D eigenvalue weighted by Crippen LogP contribution is 2.25. The number of rotatable bonds is 6. The number of amides is 3. The van der Waals surface area contributed by atoms with E-state index in [4.69, 9.17) is 4.74 Å². The molecule has 1 N–H and O–H groups in total. The molecule has 1 fully saturated rings. The Hall–Kier alpha value is -3.35. The van der Waals surface area contributed by atoms with Crippen LogP contribution in [0.4, 0.5) is 11.4 Å². The fourth-order valence-electron chi connectivity index (χ4n) is 2.96. The zero-order valence-corrected chi connectivity index (χ0v) is 16.0. The predicted molar refractivity (Wildman–Crippen MR) is 107 cm³/mol. The standard InChI is InChI=1S/C21H23N3O4/c1-23(2)21(27)15-8-10-16(11-9-15)22-19(25)14-28-18-6-3-5-17(13-18)24-12-4-7-20(24)26/h3,5-6,8-11,13H,4,7,12,14H2,1-2H3,(H,22,25). The molecule has 7 nitrogen and oxygen atoms in total. The van der Waals surface area contributed by atoms with Crippen LogP contribution in [0.1, 0.15) is 23.2 Å². The molecule has 146 valence electrons. The summed E-state index contributed by atoms with van der Waals surface area (Å²) in [5.41, 5.74) is 1.91. The van der Waals surface area contributed by atoms with Crippen molar-refractivity contribution in [3.63, 3.8) is 0 Å². The molecule has 1 aliphatic heterocycles. The molecular formula is C21H23N3O4. The number of hydrogen-bond donors (Lipinski definition) is 1. The Kier molecular flexibility index (Phi) is 5.93. The van der Waals surface area contributed by atoms with E-state index in [1.165, 1.54) is 4.90 Å². The first-order chi connectivity index (χ1) is 13.4. The van der Waals surface area contributed by atoms with Crippen LogP contribution in [0.2, 0.25) is 0 Å².